The number of thiophene rings is 1. The van der Waals surface area contributed by atoms with Crippen molar-refractivity contribution in [1.82, 2.24) is 10.2 Å². The molecule has 6 nitrogen and oxygen atoms in total. The van der Waals surface area contributed by atoms with Crippen LogP contribution in [0.25, 0.3) is 0 Å². The Labute approximate surface area is 146 Å². The van der Waals surface area contributed by atoms with E-state index in [1.54, 1.807) is 4.90 Å². The van der Waals surface area contributed by atoms with Gasteiger partial charge in [0.2, 0.25) is 0 Å². The first kappa shape index (κ1) is 17.7. The van der Waals surface area contributed by atoms with Crippen LogP contribution in [0.5, 0.6) is 0 Å². The highest BCUT2D eigenvalue weighted by Crippen LogP contribution is 2.26. The van der Waals surface area contributed by atoms with Crippen molar-refractivity contribution < 1.29 is 19.7 Å². The summed E-state index contributed by atoms with van der Waals surface area (Å²) in [5, 5.41) is 25.0. The van der Waals surface area contributed by atoms with Crippen molar-refractivity contribution in [1.29, 1.82) is 0 Å². The number of rotatable bonds is 4. The normalized spacial score (nSPS) is 29.2. The number of hydrogen-bond acceptors (Lipinski definition) is 5. The minimum absolute atomic E-state index is 0.0805. The highest BCUT2D eigenvalue weighted by Gasteiger charge is 2.31. The quantitative estimate of drug-likeness (QED) is 0.771. The number of aliphatic hydroxyl groups is 2. The van der Waals surface area contributed by atoms with Crippen LogP contribution in [0.15, 0.2) is 17.5 Å². The van der Waals surface area contributed by atoms with Gasteiger partial charge in [0.05, 0.1) is 31.5 Å². The molecule has 24 heavy (non-hydrogen) atoms. The SMILES string of the molecule is O=C(NC1CCC(O)CC1)N1CCOC[C@@H]1C[C@H](O)c1cccs1. The molecule has 1 aliphatic carbocycles. The van der Waals surface area contributed by atoms with Gasteiger partial charge in [-0.2, -0.15) is 0 Å². The van der Waals surface area contributed by atoms with Gasteiger partial charge < -0.3 is 25.2 Å². The van der Waals surface area contributed by atoms with E-state index in [1.807, 2.05) is 17.5 Å². The van der Waals surface area contributed by atoms with E-state index < -0.39 is 6.10 Å². The lowest BCUT2D eigenvalue weighted by atomic mass is 9.93. The fourth-order valence-corrected chi connectivity index (χ4v) is 4.17. The van der Waals surface area contributed by atoms with Gasteiger partial charge in [0.25, 0.3) is 0 Å². The zero-order valence-electron chi connectivity index (χ0n) is 13.8. The lowest BCUT2D eigenvalue weighted by Gasteiger charge is -2.38. The third kappa shape index (κ3) is 4.47. The summed E-state index contributed by atoms with van der Waals surface area (Å²) in [6.07, 6.45) is 2.81. The summed E-state index contributed by atoms with van der Waals surface area (Å²) in [6, 6.07) is 3.76. The molecule has 134 valence electrons. The summed E-state index contributed by atoms with van der Waals surface area (Å²) in [5.74, 6) is 0. The van der Waals surface area contributed by atoms with E-state index in [4.69, 9.17) is 4.74 Å². The molecule has 0 unspecified atom stereocenters. The van der Waals surface area contributed by atoms with Crippen molar-refractivity contribution in [3.05, 3.63) is 22.4 Å². The summed E-state index contributed by atoms with van der Waals surface area (Å²) in [4.78, 5) is 15.4. The molecule has 1 aliphatic heterocycles. The fourth-order valence-electron chi connectivity index (χ4n) is 3.45. The summed E-state index contributed by atoms with van der Waals surface area (Å²) >= 11 is 1.52. The molecule has 2 fully saturated rings. The van der Waals surface area contributed by atoms with Crippen LogP contribution in [0.1, 0.15) is 43.1 Å². The van der Waals surface area contributed by atoms with Crippen molar-refractivity contribution >= 4 is 17.4 Å². The minimum atomic E-state index is -0.572. The Hall–Kier alpha value is -1.15. The molecule has 0 bridgehead atoms. The standard InChI is InChI=1S/C17H26N2O4S/c20-14-5-3-12(4-6-14)18-17(22)19-7-8-23-11-13(19)10-15(21)16-2-1-9-24-16/h1-2,9,12-15,20-21H,3-8,10-11H2,(H,18,22)/t12?,13-,14?,15-/m0/s1. The average Bonchev–Trinajstić information content (AvgIpc) is 3.12. The number of urea groups is 1. The van der Waals surface area contributed by atoms with Crippen LogP contribution in [0.2, 0.25) is 0 Å². The molecule has 1 saturated heterocycles. The molecule has 2 atom stereocenters. The predicted molar refractivity (Wildman–Crippen MR) is 92.0 cm³/mol. The Kier molecular flexibility index (Phi) is 6.10. The van der Waals surface area contributed by atoms with Crippen LogP contribution < -0.4 is 5.32 Å². The molecule has 0 aromatic carbocycles. The summed E-state index contributed by atoms with van der Waals surface area (Å²) in [5.41, 5.74) is 0. The number of ether oxygens (including phenoxy) is 1. The molecular weight excluding hydrogens is 328 g/mol. The maximum Gasteiger partial charge on any atom is 0.318 e. The first-order chi connectivity index (χ1) is 11.6. The Balaban J connectivity index is 1.56. The molecule has 2 aliphatic rings. The van der Waals surface area contributed by atoms with E-state index in [1.165, 1.54) is 11.3 Å². The summed E-state index contributed by atoms with van der Waals surface area (Å²) in [7, 11) is 0. The predicted octanol–water partition coefficient (Wildman–Crippen LogP) is 1.89. The van der Waals surface area contributed by atoms with Crippen LogP contribution in [0.4, 0.5) is 4.79 Å². The van der Waals surface area contributed by atoms with Crippen molar-refractivity contribution in [3.63, 3.8) is 0 Å². The van der Waals surface area contributed by atoms with Gasteiger partial charge in [0, 0.05) is 23.9 Å². The minimum Gasteiger partial charge on any atom is -0.393 e. The number of hydrogen-bond donors (Lipinski definition) is 3. The largest absolute Gasteiger partial charge is 0.393 e. The topological polar surface area (TPSA) is 82.0 Å². The van der Waals surface area contributed by atoms with Gasteiger partial charge in [0.1, 0.15) is 0 Å². The van der Waals surface area contributed by atoms with Crippen molar-refractivity contribution in [2.45, 2.75) is 56.4 Å². The van der Waals surface area contributed by atoms with Gasteiger partial charge in [-0.05, 0) is 37.1 Å². The van der Waals surface area contributed by atoms with Gasteiger partial charge in [-0.25, -0.2) is 4.79 Å². The van der Waals surface area contributed by atoms with Crippen LogP contribution in [0.3, 0.4) is 0 Å². The van der Waals surface area contributed by atoms with Crippen LogP contribution in [-0.4, -0.2) is 59.1 Å². The molecule has 1 saturated carbocycles. The van der Waals surface area contributed by atoms with E-state index in [0.717, 1.165) is 30.6 Å². The van der Waals surface area contributed by atoms with Gasteiger partial charge in [-0.1, -0.05) is 6.07 Å². The van der Waals surface area contributed by atoms with Gasteiger partial charge in [0.15, 0.2) is 0 Å². The second-order valence-electron chi connectivity index (χ2n) is 6.64. The third-order valence-corrected chi connectivity index (χ3v) is 5.85. The number of morpholine rings is 1. The first-order valence-corrected chi connectivity index (χ1v) is 9.56. The zero-order chi connectivity index (χ0) is 16.9. The van der Waals surface area contributed by atoms with Gasteiger partial charge in [-0.15, -0.1) is 11.3 Å². The first-order valence-electron chi connectivity index (χ1n) is 8.68. The van der Waals surface area contributed by atoms with E-state index in [9.17, 15) is 15.0 Å². The zero-order valence-corrected chi connectivity index (χ0v) is 14.6. The van der Waals surface area contributed by atoms with Crippen molar-refractivity contribution in [2.75, 3.05) is 19.8 Å². The molecular formula is C17H26N2O4S. The number of nitrogens with zero attached hydrogens (tertiary/aromatic N) is 1. The van der Waals surface area contributed by atoms with Crippen molar-refractivity contribution in [2.24, 2.45) is 0 Å². The molecule has 3 N–H and O–H groups in total. The molecule has 0 radical (unpaired) electrons. The monoisotopic (exact) mass is 354 g/mol. The molecule has 2 heterocycles. The highest BCUT2D eigenvalue weighted by molar-refractivity contribution is 7.10. The summed E-state index contributed by atoms with van der Waals surface area (Å²) in [6.45, 7) is 1.53. The lowest BCUT2D eigenvalue weighted by Crippen LogP contribution is -2.55. The van der Waals surface area contributed by atoms with E-state index in [-0.39, 0.29) is 24.2 Å². The van der Waals surface area contributed by atoms with Gasteiger partial charge in [-0.3, -0.25) is 0 Å². The van der Waals surface area contributed by atoms with E-state index >= 15 is 0 Å². The second-order valence-corrected chi connectivity index (χ2v) is 7.62. The number of carbonyl (C=O) groups excluding carboxylic acids is 1. The molecule has 1 aromatic heterocycles. The Morgan fingerprint density at radius 3 is 2.92 bits per heavy atom. The molecule has 1 aromatic rings. The smallest absolute Gasteiger partial charge is 0.318 e. The Morgan fingerprint density at radius 1 is 1.42 bits per heavy atom. The number of aliphatic hydroxyl groups excluding tert-OH is 2. The number of amides is 2. The maximum absolute atomic E-state index is 12.6. The second kappa shape index (κ2) is 8.29. The maximum atomic E-state index is 12.6. The number of carbonyl (C=O) groups is 1. The molecule has 3 rings (SSSR count). The fraction of sp³-hybridized carbons (Fsp3) is 0.706. The number of nitrogens with one attached hydrogen (secondary N) is 1. The molecule has 7 heteroatoms. The van der Waals surface area contributed by atoms with E-state index in [0.29, 0.717) is 26.2 Å². The highest BCUT2D eigenvalue weighted by atomic mass is 32.1. The third-order valence-electron chi connectivity index (χ3n) is 4.88. The Morgan fingerprint density at radius 2 is 2.21 bits per heavy atom. The van der Waals surface area contributed by atoms with Crippen LogP contribution >= 0.6 is 11.3 Å². The lowest BCUT2D eigenvalue weighted by molar-refractivity contribution is -0.00751. The molecule has 2 amide bonds. The summed E-state index contributed by atoms with van der Waals surface area (Å²) < 4.78 is 5.52. The van der Waals surface area contributed by atoms with Crippen LogP contribution in [0, 0.1) is 0 Å². The van der Waals surface area contributed by atoms with E-state index in [2.05, 4.69) is 5.32 Å². The van der Waals surface area contributed by atoms with Crippen molar-refractivity contribution in [3.8, 4) is 0 Å². The Bertz CT molecular complexity index is 517. The average molecular weight is 354 g/mol. The van der Waals surface area contributed by atoms with Crippen LogP contribution in [-0.2, 0) is 4.74 Å². The van der Waals surface area contributed by atoms with Gasteiger partial charge >= 0.3 is 6.03 Å². The molecule has 0 spiro atoms.